The molecule has 2 aromatic rings. The molecule has 0 spiro atoms. The summed E-state index contributed by atoms with van der Waals surface area (Å²) in [4.78, 5) is 14.2. The third kappa shape index (κ3) is 8.23. The molecule has 0 radical (unpaired) electrons. The van der Waals surface area contributed by atoms with E-state index in [9.17, 15) is 9.18 Å². The quantitative estimate of drug-likeness (QED) is 0.475. The fourth-order valence-electron chi connectivity index (χ4n) is 3.24. The van der Waals surface area contributed by atoms with Gasteiger partial charge in [0.1, 0.15) is 5.82 Å². The summed E-state index contributed by atoms with van der Waals surface area (Å²) in [7, 11) is 6.87. The second-order valence-corrected chi connectivity index (χ2v) is 7.45. The molecule has 174 valence electrons. The van der Waals surface area contributed by atoms with Gasteiger partial charge >= 0.3 is 0 Å². The summed E-state index contributed by atoms with van der Waals surface area (Å²) in [6.45, 7) is 2.36. The topological polar surface area (TPSA) is 60.0 Å². The summed E-state index contributed by atoms with van der Waals surface area (Å²) in [5.74, 6) is 1.61. The summed E-state index contributed by atoms with van der Waals surface area (Å²) in [6, 6.07) is 10.1. The highest BCUT2D eigenvalue weighted by atomic mass is 19.1. The molecule has 0 fully saturated rings. The zero-order valence-electron chi connectivity index (χ0n) is 19.3. The number of ether oxygens (including phenoxy) is 3. The van der Waals surface area contributed by atoms with Crippen LogP contribution in [0.4, 0.5) is 4.39 Å². The van der Waals surface area contributed by atoms with Gasteiger partial charge in [0, 0.05) is 19.5 Å². The van der Waals surface area contributed by atoms with Crippen molar-refractivity contribution in [3.05, 3.63) is 59.4 Å². The van der Waals surface area contributed by atoms with Crippen LogP contribution < -0.4 is 19.5 Å². The lowest BCUT2D eigenvalue weighted by Gasteiger charge is -2.18. The Bertz CT molecular complexity index is 859. The minimum Gasteiger partial charge on any atom is -0.493 e. The van der Waals surface area contributed by atoms with Crippen LogP contribution in [0.5, 0.6) is 17.2 Å². The fourth-order valence-corrected chi connectivity index (χ4v) is 3.24. The van der Waals surface area contributed by atoms with E-state index in [4.69, 9.17) is 14.2 Å². The maximum absolute atomic E-state index is 12.9. The molecule has 1 amide bonds. The molecule has 0 aromatic heterocycles. The molecule has 2 rings (SSSR count). The van der Waals surface area contributed by atoms with Gasteiger partial charge in [-0.15, -0.1) is 0 Å². The lowest BCUT2D eigenvalue weighted by Crippen LogP contribution is -2.28. The fraction of sp³-hybridized carbons (Fsp3) is 0.400. The van der Waals surface area contributed by atoms with Gasteiger partial charge in [0.2, 0.25) is 11.7 Å². The SMILES string of the molecule is COc1cc(CCN(C)CCCNC(=O)CC=Cc2ccc(F)cc2)cc(OC)c1OC. The first-order chi connectivity index (χ1) is 15.5. The predicted molar refractivity (Wildman–Crippen MR) is 125 cm³/mol. The average Bonchev–Trinajstić information content (AvgIpc) is 2.80. The number of hydrogen-bond donors (Lipinski definition) is 1. The molecule has 32 heavy (non-hydrogen) atoms. The molecule has 0 aliphatic rings. The molecule has 7 heteroatoms. The number of methoxy groups -OCH3 is 3. The zero-order chi connectivity index (χ0) is 23.3. The second-order valence-electron chi connectivity index (χ2n) is 7.45. The standard InChI is InChI=1S/C25H33FN2O4/c1-28(16-13-20-17-22(30-2)25(32-4)23(18-20)31-3)15-6-14-27-24(29)8-5-7-19-9-11-21(26)12-10-19/h5,7,9-12,17-18H,6,8,13-16H2,1-4H3,(H,27,29). The van der Waals surface area contributed by atoms with Gasteiger partial charge in [0.05, 0.1) is 21.3 Å². The van der Waals surface area contributed by atoms with Gasteiger partial charge in [0.25, 0.3) is 0 Å². The summed E-state index contributed by atoms with van der Waals surface area (Å²) in [5, 5.41) is 2.93. The number of likely N-dealkylation sites (N-methyl/N-ethyl adjacent to an activating group) is 1. The Morgan fingerprint density at radius 3 is 2.28 bits per heavy atom. The monoisotopic (exact) mass is 444 g/mol. The Hall–Kier alpha value is -3.06. The number of nitrogens with zero attached hydrogens (tertiary/aromatic N) is 1. The van der Waals surface area contributed by atoms with E-state index >= 15 is 0 Å². The average molecular weight is 445 g/mol. The molecule has 0 atom stereocenters. The van der Waals surface area contributed by atoms with E-state index in [0.717, 1.165) is 37.1 Å². The molecule has 2 aromatic carbocycles. The van der Waals surface area contributed by atoms with Crippen molar-refractivity contribution in [3.8, 4) is 17.2 Å². The van der Waals surface area contributed by atoms with Gasteiger partial charge in [-0.05, 0) is 61.8 Å². The summed E-state index contributed by atoms with van der Waals surface area (Å²) < 4.78 is 29.1. The largest absolute Gasteiger partial charge is 0.493 e. The molecule has 0 saturated carbocycles. The first-order valence-electron chi connectivity index (χ1n) is 10.6. The van der Waals surface area contributed by atoms with Gasteiger partial charge in [-0.2, -0.15) is 0 Å². The van der Waals surface area contributed by atoms with Crippen molar-refractivity contribution in [2.45, 2.75) is 19.3 Å². The highest BCUT2D eigenvalue weighted by Gasteiger charge is 2.13. The van der Waals surface area contributed by atoms with Crippen molar-refractivity contribution < 1.29 is 23.4 Å². The highest BCUT2D eigenvalue weighted by Crippen LogP contribution is 2.38. The predicted octanol–water partition coefficient (Wildman–Crippen LogP) is 3.94. The van der Waals surface area contributed by atoms with Crippen LogP contribution in [-0.4, -0.2) is 58.8 Å². The van der Waals surface area contributed by atoms with Crippen molar-refractivity contribution in [1.29, 1.82) is 0 Å². The second kappa shape index (κ2) is 13.4. The smallest absolute Gasteiger partial charge is 0.223 e. The van der Waals surface area contributed by atoms with Crippen LogP contribution in [0.25, 0.3) is 6.08 Å². The summed E-state index contributed by atoms with van der Waals surface area (Å²) in [5.41, 5.74) is 1.97. The minimum absolute atomic E-state index is 0.0246. The van der Waals surface area contributed by atoms with Crippen molar-refractivity contribution in [3.63, 3.8) is 0 Å². The molecule has 0 unspecified atom stereocenters. The van der Waals surface area contributed by atoms with E-state index in [-0.39, 0.29) is 11.7 Å². The van der Waals surface area contributed by atoms with Crippen LogP contribution in [0.1, 0.15) is 24.0 Å². The van der Waals surface area contributed by atoms with Gasteiger partial charge in [-0.25, -0.2) is 4.39 Å². The first kappa shape index (κ1) is 25.2. The third-order valence-electron chi connectivity index (χ3n) is 5.03. The van der Waals surface area contributed by atoms with E-state index in [1.165, 1.54) is 12.1 Å². The van der Waals surface area contributed by atoms with Crippen molar-refractivity contribution in [2.24, 2.45) is 0 Å². The van der Waals surface area contributed by atoms with E-state index in [1.54, 1.807) is 39.5 Å². The molecule has 0 heterocycles. The molecule has 0 saturated heterocycles. The number of rotatable bonds is 13. The minimum atomic E-state index is -0.270. The number of hydrogen-bond acceptors (Lipinski definition) is 5. The Balaban J connectivity index is 1.67. The van der Waals surface area contributed by atoms with Crippen LogP contribution >= 0.6 is 0 Å². The third-order valence-corrected chi connectivity index (χ3v) is 5.03. The molecule has 6 nitrogen and oxygen atoms in total. The lowest BCUT2D eigenvalue weighted by molar-refractivity contribution is -0.120. The lowest BCUT2D eigenvalue weighted by atomic mass is 10.1. The highest BCUT2D eigenvalue weighted by molar-refractivity contribution is 5.78. The Labute approximate surface area is 190 Å². The van der Waals surface area contributed by atoms with E-state index in [0.29, 0.717) is 30.2 Å². The molecule has 1 N–H and O–H groups in total. The number of halogens is 1. The van der Waals surface area contributed by atoms with E-state index in [1.807, 2.05) is 18.2 Å². The van der Waals surface area contributed by atoms with Crippen LogP contribution in [0.15, 0.2) is 42.5 Å². The molecular weight excluding hydrogens is 411 g/mol. The normalized spacial score (nSPS) is 11.1. The number of benzene rings is 2. The van der Waals surface area contributed by atoms with Crippen LogP contribution in [-0.2, 0) is 11.2 Å². The maximum Gasteiger partial charge on any atom is 0.223 e. The van der Waals surface area contributed by atoms with Gasteiger partial charge in [-0.1, -0.05) is 24.3 Å². The van der Waals surface area contributed by atoms with E-state index < -0.39 is 0 Å². The van der Waals surface area contributed by atoms with Gasteiger partial charge < -0.3 is 24.4 Å². The van der Waals surface area contributed by atoms with Crippen molar-refractivity contribution in [2.75, 3.05) is 48.0 Å². The van der Waals surface area contributed by atoms with Gasteiger partial charge in [-0.3, -0.25) is 4.79 Å². The molecule has 0 aliphatic heterocycles. The van der Waals surface area contributed by atoms with Crippen LogP contribution in [0.3, 0.4) is 0 Å². The molecule has 0 aliphatic carbocycles. The zero-order valence-corrected chi connectivity index (χ0v) is 19.3. The summed E-state index contributed by atoms with van der Waals surface area (Å²) in [6.07, 6.45) is 5.60. The van der Waals surface area contributed by atoms with Crippen molar-refractivity contribution >= 4 is 12.0 Å². The molecule has 0 bridgehead atoms. The summed E-state index contributed by atoms with van der Waals surface area (Å²) >= 11 is 0. The number of carbonyl (C=O) groups is 1. The Morgan fingerprint density at radius 2 is 1.69 bits per heavy atom. The number of amides is 1. The molecular formula is C25H33FN2O4. The first-order valence-corrected chi connectivity index (χ1v) is 10.6. The van der Waals surface area contributed by atoms with Crippen LogP contribution in [0.2, 0.25) is 0 Å². The maximum atomic E-state index is 12.9. The Kier molecular flexibility index (Phi) is 10.5. The number of carbonyl (C=O) groups excluding carboxylic acids is 1. The Morgan fingerprint density at radius 1 is 1.03 bits per heavy atom. The number of nitrogens with one attached hydrogen (secondary N) is 1. The van der Waals surface area contributed by atoms with Crippen molar-refractivity contribution in [1.82, 2.24) is 10.2 Å². The van der Waals surface area contributed by atoms with Crippen LogP contribution in [0, 0.1) is 5.82 Å². The van der Waals surface area contributed by atoms with Gasteiger partial charge in [0.15, 0.2) is 11.5 Å². The van der Waals surface area contributed by atoms with E-state index in [2.05, 4.69) is 17.3 Å².